The van der Waals surface area contributed by atoms with Gasteiger partial charge in [-0.1, -0.05) is 26.8 Å². The van der Waals surface area contributed by atoms with E-state index in [-0.39, 0.29) is 17.5 Å². The molecule has 132 valence electrons. The molecule has 0 aliphatic heterocycles. The molecule has 1 fully saturated rings. The number of hydrogen-bond acceptors (Lipinski definition) is 3. The highest BCUT2D eigenvalue weighted by Crippen LogP contribution is 2.56. The number of rotatable bonds is 3. The van der Waals surface area contributed by atoms with Crippen molar-refractivity contribution in [3.63, 3.8) is 0 Å². The van der Waals surface area contributed by atoms with Gasteiger partial charge in [0.05, 0.1) is 0 Å². The summed E-state index contributed by atoms with van der Waals surface area (Å²) in [5.41, 5.74) is 2.79. The fraction of sp³-hybridized carbons (Fsp3) is 0.667. The second-order valence-electron chi connectivity index (χ2n) is 8.01. The highest BCUT2D eigenvalue weighted by Gasteiger charge is 2.49. The second-order valence-corrected chi connectivity index (χ2v) is 8.01. The largest absolute Gasteiger partial charge is 0.508 e. The SMILES string of the molecule is CCC(=O)OC(C)C1(C)CCC2c3ccc(O)cc3CCC2C1C. The molecule has 1 saturated carbocycles. The molecule has 0 heterocycles. The van der Waals surface area contributed by atoms with Gasteiger partial charge in [0.1, 0.15) is 11.9 Å². The molecule has 0 saturated heterocycles. The van der Waals surface area contributed by atoms with Crippen molar-refractivity contribution in [2.24, 2.45) is 17.3 Å². The fourth-order valence-corrected chi connectivity index (χ4v) is 5.06. The molecule has 0 bridgehead atoms. The van der Waals surface area contributed by atoms with E-state index in [1.807, 2.05) is 19.1 Å². The number of phenolic OH excluding ortho intramolecular Hbond substituents is 1. The van der Waals surface area contributed by atoms with Crippen LogP contribution in [0.2, 0.25) is 0 Å². The molecule has 3 nitrogen and oxygen atoms in total. The van der Waals surface area contributed by atoms with E-state index in [0.717, 1.165) is 25.7 Å². The summed E-state index contributed by atoms with van der Waals surface area (Å²) < 4.78 is 5.71. The second kappa shape index (κ2) is 6.42. The average molecular weight is 330 g/mol. The minimum Gasteiger partial charge on any atom is -0.508 e. The summed E-state index contributed by atoms with van der Waals surface area (Å²) in [4.78, 5) is 11.7. The zero-order valence-electron chi connectivity index (χ0n) is 15.3. The van der Waals surface area contributed by atoms with Crippen molar-refractivity contribution in [2.75, 3.05) is 0 Å². The van der Waals surface area contributed by atoms with Gasteiger partial charge in [0.2, 0.25) is 0 Å². The minimum atomic E-state index is -0.0949. The zero-order chi connectivity index (χ0) is 17.5. The van der Waals surface area contributed by atoms with Gasteiger partial charge in [-0.15, -0.1) is 0 Å². The Hall–Kier alpha value is -1.51. The molecule has 0 radical (unpaired) electrons. The van der Waals surface area contributed by atoms with Crippen LogP contribution >= 0.6 is 0 Å². The molecule has 2 aliphatic carbocycles. The Kier molecular flexibility index (Phi) is 4.63. The number of carbonyl (C=O) groups excluding carboxylic acids is 1. The number of esters is 1. The van der Waals surface area contributed by atoms with E-state index < -0.39 is 0 Å². The van der Waals surface area contributed by atoms with E-state index in [9.17, 15) is 9.90 Å². The quantitative estimate of drug-likeness (QED) is 0.809. The first kappa shape index (κ1) is 17.3. The van der Waals surface area contributed by atoms with Crippen molar-refractivity contribution < 1.29 is 14.6 Å². The Morgan fingerprint density at radius 2 is 2.17 bits per heavy atom. The molecular weight excluding hydrogens is 300 g/mol. The molecule has 24 heavy (non-hydrogen) atoms. The number of phenols is 1. The summed E-state index contributed by atoms with van der Waals surface area (Å²) >= 11 is 0. The first-order valence-electron chi connectivity index (χ1n) is 9.38. The van der Waals surface area contributed by atoms with Gasteiger partial charge >= 0.3 is 5.97 Å². The molecule has 3 heteroatoms. The number of ether oxygens (including phenoxy) is 1. The Labute approximate surface area is 145 Å². The molecule has 3 rings (SSSR count). The lowest BCUT2D eigenvalue weighted by atomic mass is 9.54. The smallest absolute Gasteiger partial charge is 0.305 e. The standard InChI is InChI=1S/C21H30O3/c1-5-20(23)24-14(3)21(4)11-10-19-17(13(21)2)8-6-15-12-16(22)7-9-18(15)19/h7,9,12-14,17,19,22H,5-6,8,10-11H2,1-4H3. The lowest BCUT2D eigenvalue weighted by Crippen LogP contribution is -2.48. The first-order chi connectivity index (χ1) is 11.4. The molecule has 0 spiro atoms. The van der Waals surface area contributed by atoms with Crippen LogP contribution in [0.5, 0.6) is 5.75 Å². The van der Waals surface area contributed by atoms with Crippen molar-refractivity contribution >= 4 is 5.97 Å². The van der Waals surface area contributed by atoms with Crippen LogP contribution < -0.4 is 0 Å². The van der Waals surface area contributed by atoms with Crippen molar-refractivity contribution in [1.29, 1.82) is 0 Å². The molecule has 0 aromatic heterocycles. The summed E-state index contributed by atoms with van der Waals surface area (Å²) in [6, 6.07) is 5.89. The van der Waals surface area contributed by atoms with Gasteiger partial charge in [0.15, 0.2) is 0 Å². The predicted octanol–water partition coefficient (Wildman–Crippen LogP) is 4.82. The Bertz CT molecular complexity index is 624. The van der Waals surface area contributed by atoms with E-state index in [1.54, 1.807) is 0 Å². The molecule has 5 unspecified atom stereocenters. The van der Waals surface area contributed by atoms with Gasteiger partial charge < -0.3 is 9.84 Å². The topological polar surface area (TPSA) is 46.5 Å². The van der Waals surface area contributed by atoms with Crippen LogP contribution in [-0.2, 0) is 16.0 Å². The van der Waals surface area contributed by atoms with Crippen molar-refractivity contribution in [2.45, 2.75) is 71.8 Å². The van der Waals surface area contributed by atoms with Crippen LogP contribution in [0.25, 0.3) is 0 Å². The van der Waals surface area contributed by atoms with Gasteiger partial charge in [-0.05, 0) is 73.6 Å². The van der Waals surface area contributed by atoms with E-state index >= 15 is 0 Å². The zero-order valence-corrected chi connectivity index (χ0v) is 15.3. The normalized spacial score (nSPS) is 33.2. The average Bonchev–Trinajstić information content (AvgIpc) is 2.57. The summed E-state index contributed by atoms with van der Waals surface area (Å²) in [5.74, 6) is 2.00. The number of benzene rings is 1. The monoisotopic (exact) mass is 330 g/mol. The third kappa shape index (κ3) is 2.82. The van der Waals surface area contributed by atoms with Crippen LogP contribution in [0.15, 0.2) is 18.2 Å². The maximum absolute atomic E-state index is 11.7. The maximum atomic E-state index is 11.7. The molecule has 1 N–H and O–H groups in total. The number of carbonyl (C=O) groups is 1. The summed E-state index contributed by atoms with van der Waals surface area (Å²) in [5, 5.41) is 9.75. The lowest BCUT2D eigenvalue weighted by molar-refractivity contribution is -0.160. The molecule has 0 amide bonds. The third-order valence-corrected chi connectivity index (χ3v) is 6.99. The van der Waals surface area contributed by atoms with Crippen LogP contribution in [0.1, 0.15) is 70.4 Å². The van der Waals surface area contributed by atoms with E-state index in [2.05, 4.69) is 26.8 Å². The van der Waals surface area contributed by atoms with E-state index in [1.165, 1.54) is 11.1 Å². The molecule has 5 atom stereocenters. The predicted molar refractivity (Wildman–Crippen MR) is 95.0 cm³/mol. The Balaban J connectivity index is 1.83. The van der Waals surface area contributed by atoms with Crippen molar-refractivity contribution in [3.05, 3.63) is 29.3 Å². The first-order valence-corrected chi connectivity index (χ1v) is 9.38. The van der Waals surface area contributed by atoms with E-state index in [0.29, 0.717) is 29.9 Å². The lowest BCUT2D eigenvalue weighted by Gasteiger charge is -2.52. The number of aromatic hydroxyl groups is 1. The number of hydrogen-bond donors (Lipinski definition) is 1. The summed E-state index contributed by atoms with van der Waals surface area (Å²) in [6.45, 7) is 8.57. The molecule has 1 aromatic rings. The maximum Gasteiger partial charge on any atom is 0.305 e. The number of fused-ring (bicyclic) bond motifs is 3. The van der Waals surface area contributed by atoms with Crippen LogP contribution in [0.3, 0.4) is 0 Å². The van der Waals surface area contributed by atoms with Gasteiger partial charge in [-0.3, -0.25) is 4.79 Å². The summed E-state index contributed by atoms with van der Waals surface area (Å²) in [7, 11) is 0. The molecule has 1 aromatic carbocycles. The molecular formula is C21H30O3. The van der Waals surface area contributed by atoms with Crippen LogP contribution in [-0.4, -0.2) is 17.2 Å². The molecule has 2 aliphatic rings. The minimum absolute atomic E-state index is 0.0397. The number of aryl methyl sites for hydroxylation is 1. The Morgan fingerprint density at radius 1 is 1.42 bits per heavy atom. The Morgan fingerprint density at radius 3 is 2.88 bits per heavy atom. The van der Waals surface area contributed by atoms with Gasteiger partial charge in [-0.25, -0.2) is 0 Å². The van der Waals surface area contributed by atoms with Crippen LogP contribution in [0, 0.1) is 17.3 Å². The van der Waals surface area contributed by atoms with Crippen molar-refractivity contribution in [1.82, 2.24) is 0 Å². The van der Waals surface area contributed by atoms with Crippen LogP contribution in [0.4, 0.5) is 0 Å². The van der Waals surface area contributed by atoms with E-state index in [4.69, 9.17) is 4.74 Å². The third-order valence-electron chi connectivity index (χ3n) is 6.99. The highest BCUT2D eigenvalue weighted by atomic mass is 16.5. The summed E-state index contributed by atoms with van der Waals surface area (Å²) in [6.07, 6.45) is 4.81. The van der Waals surface area contributed by atoms with Gasteiger partial charge in [0, 0.05) is 11.8 Å². The van der Waals surface area contributed by atoms with Gasteiger partial charge in [-0.2, -0.15) is 0 Å². The fourth-order valence-electron chi connectivity index (χ4n) is 5.06. The van der Waals surface area contributed by atoms with Gasteiger partial charge in [0.25, 0.3) is 0 Å². The van der Waals surface area contributed by atoms with Crippen molar-refractivity contribution in [3.8, 4) is 5.75 Å². The highest BCUT2D eigenvalue weighted by molar-refractivity contribution is 5.69.